The van der Waals surface area contributed by atoms with Gasteiger partial charge in [0.1, 0.15) is 0 Å². The lowest BCUT2D eigenvalue weighted by molar-refractivity contribution is -0.0232. The molecule has 3 nitrogen and oxygen atoms in total. The van der Waals surface area contributed by atoms with Crippen molar-refractivity contribution in [2.24, 2.45) is 5.92 Å². The third kappa shape index (κ3) is 4.38. The summed E-state index contributed by atoms with van der Waals surface area (Å²) in [6, 6.07) is 2.27. The van der Waals surface area contributed by atoms with Crippen LogP contribution in [-0.4, -0.2) is 41.0 Å². The van der Waals surface area contributed by atoms with Crippen molar-refractivity contribution in [2.45, 2.75) is 93.1 Å². The molecule has 0 spiro atoms. The average Bonchev–Trinajstić information content (AvgIpc) is 2.81. The first-order chi connectivity index (χ1) is 15.9. The third-order valence-electron chi connectivity index (χ3n) is 9.55. The second-order valence-corrected chi connectivity index (χ2v) is 11.4. The van der Waals surface area contributed by atoms with Crippen molar-refractivity contribution in [3.8, 4) is 0 Å². The minimum atomic E-state index is -0.652. The zero-order valence-corrected chi connectivity index (χ0v) is 22.6. The Hall–Kier alpha value is -1.97. The second-order valence-electron chi connectivity index (χ2n) is 11.4. The highest BCUT2D eigenvalue weighted by atomic mass is 16.3. The first-order valence-corrected chi connectivity index (χ1v) is 13.1. The van der Waals surface area contributed by atoms with Gasteiger partial charge in [0.2, 0.25) is 0 Å². The zero-order valence-electron chi connectivity index (χ0n) is 22.6. The van der Waals surface area contributed by atoms with Gasteiger partial charge in [0.25, 0.3) is 0 Å². The molecule has 34 heavy (non-hydrogen) atoms. The van der Waals surface area contributed by atoms with E-state index in [1.807, 2.05) is 0 Å². The predicted molar refractivity (Wildman–Crippen MR) is 141 cm³/mol. The molecule has 0 aromatic heterocycles. The van der Waals surface area contributed by atoms with Crippen LogP contribution in [0, 0.1) is 61.3 Å². The van der Waals surface area contributed by atoms with Gasteiger partial charge in [-0.1, -0.05) is 6.07 Å². The highest BCUT2D eigenvalue weighted by Crippen LogP contribution is 2.36. The van der Waals surface area contributed by atoms with Gasteiger partial charge in [0.05, 0.1) is 5.60 Å². The van der Waals surface area contributed by atoms with E-state index >= 15 is 0 Å². The minimum Gasteiger partial charge on any atom is -0.389 e. The van der Waals surface area contributed by atoms with E-state index in [4.69, 9.17) is 0 Å². The monoisotopic (exact) mass is 461 g/mol. The molecular formula is C31H43NO2. The first kappa shape index (κ1) is 25.1. The highest BCUT2D eigenvalue weighted by Gasteiger charge is 2.36. The van der Waals surface area contributed by atoms with Gasteiger partial charge in [0, 0.05) is 37.5 Å². The Kier molecular flexibility index (Phi) is 6.83. The molecule has 1 N–H and O–H groups in total. The molecule has 1 atom stereocenters. The molecule has 1 aliphatic carbocycles. The number of Topliss-reactive ketones (excluding diaryl/α,β-unsaturated/α-hetero) is 1. The fourth-order valence-corrected chi connectivity index (χ4v) is 6.34. The Morgan fingerprint density at radius 1 is 0.853 bits per heavy atom. The fraction of sp³-hybridized carbons (Fsp3) is 0.581. The van der Waals surface area contributed by atoms with Crippen LogP contribution in [0.15, 0.2) is 6.07 Å². The number of carbonyl (C=O) groups is 1. The van der Waals surface area contributed by atoms with Crippen LogP contribution >= 0.6 is 0 Å². The summed E-state index contributed by atoms with van der Waals surface area (Å²) in [6.45, 7) is 19.9. The van der Waals surface area contributed by atoms with E-state index in [0.29, 0.717) is 5.78 Å². The van der Waals surface area contributed by atoms with E-state index in [-0.39, 0.29) is 5.92 Å². The van der Waals surface area contributed by atoms with E-state index in [1.54, 1.807) is 0 Å². The number of aliphatic hydroxyl groups is 1. The topological polar surface area (TPSA) is 40.5 Å². The number of ketones is 1. The Morgan fingerprint density at radius 3 is 2.09 bits per heavy atom. The molecule has 2 aromatic carbocycles. The second kappa shape index (κ2) is 9.24. The number of hydrogen-bond acceptors (Lipinski definition) is 3. The minimum absolute atomic E-state index is 0.0727. The van der Waals surface area contributed by atoms with Crippen molar-refractivity contribution in [2.75, 3.05) is 19.6 Å². The molecule has 2 aliphatic rings. The van der Waals surface area contributed by atoms with Gasteiger partial charge in [-0.2, -0.15) is 0 Å². The molecule has 1 aliphatic heterocycles. The van der Waals surface area contributed by atoms with Gasteiger partial charge in [-0.3, -0.25) is 4.79 Å². The number of rotatable bonds is 4. The van der Waals surface area contributed by atoms with Crippen molar-refractivity contribution in [3.05, 3.63) is 67.3 Å². The summed E-state index contributed by atoms with van der Waals surface area (Å²) in [7, 11) is 0. The van der Waals surface area contributed by atoms with Crippen LogP contribution in [0.25, 0.3) is 0 Å². The van der Waals surface area contributed by atoms with Crippen LogP contribution in [0.4, 0.5) is 0 Å². The number of fused-ring (bicyclic) bond motifs is 1. The van der Waals surface area contributed by atoms with Gasteiger partial charge >= 0.3 is 0 Å². The van der Waals surface area contributed by atoms with Crippen molar-refractivity contribution in [1.82, 2.24) is 4.90 Å². The lowest BCUT2D eigenvalue weighted by Crippen LogP contribution is -2.48. The largest absolute Gasteiger partial charge is 0.389 e. The normalized spacial score (nSPS) is 20.5. The molecule has 0 radical (unpaired) electrons. The summed E-state index contributed by atoms with van der Waals surface area (Å²) >= 11 is 0. The quantitative estimate of drug-likeness (QED) is 0.610. The summed E-state index contributed by atoms with van der Waals surface area (Å²) in [4.78, 5) is 16.0. The molecule has 184 valence electrons. The highest BCUT2D eigenvalue weighted by molar-refractivity contribution is 6.02. The van der Waals surface area contributed by atoms with Crippen molar-refractivity contribution in [3.63, 3.8) is 0 Å². The maximum atomic E-state index is 13.5. The summed E-state index contributed by atoms with van der Waals surface area (Å²) in [5.41, 5.74) is 13.4. The Bertz CT molecular complexity index is 1140. The molecule has 1 heterocycles. The Morgan fingerprint density at radius 2 is 1.44 bits per heavy atom. The number of carbonyl (C=O) groups excluding carboxylic acids is 1. The molecule has 1 saturated heterocycles. The maximum absolute atomic E-state index is 13.5. The lowest BCUT2D eigenvalue weighted by Gasteiger charge is -2.40. The van der Waals surface area contributed by atoms with Crippen molar-refractivity contribution >= 4 is 5.78 Å². The summed E-state index contributed by atoms with van der Waals surface area (Å²) in [5.74, 6) is 0.413. The summed E-state index contributed by atoms with van der Waals surface area (Å²) in [6.07, 6.45) is 4.21. The SMILES string of the molecule is Cc1cc(CC2(O)CCN(CC3CCc4c(C)c(C)c(C)c(C)c4C3=O)CC2)c(C)c(C)c1C. The molecular weight excluding hydrogens is 418 g/mol. The standard InChI is InChI=1S/C31H43NO2/c1-18-15-27(23(6)20(3)19(18)2)16-31(34)11-13-32(14-12-31)17-26-9-10-28-24(7)21(4)22(5)25(8)29(28)30(26)33/h15,26,34H,9-14,16-17H2,1-8H3. The maximum Gasteiger partial charge on any atom is 0.167 e. The number of benzene rings is 2. The number of hydrogen-bond donors (Lipinski definition) is 1. The number of aryl methyl sites for hydroxylation is 1. The molecule has 0 saturated carbocycles. The zero-order chi connectivity index (χ0) is 24.9. The van der Waals surface area contributed by atoms with Gasteiger partial charge in [-0.15, -0.1) is 0 Å². The molecule has 0 amide bonds. The molecule has 0 bridgehead atoms. The van der Waals surface area contributed by atoms with E-state index < -0.39 is 5.60 Å². The average molecular weight is 462 g/mol. The molecule has 1 unspecified atom stereocenters. The van der Waals surface area contributed by atoms with Crippen LogP contribution in [0.5, 0.6) is 0 Å². The van der Waals surface area contributed by atoms with E-state index in [1.165, 1.54) is 55.6 Å². The van der Waals surface area contributed by atoms with Gasteiger partial charge in [-0.25, -0.2) is 0 Å². The van der Waals surface area contributed by atoms with Gasteiger partial charge < -0.3 is 10.0 Å². The van der Waals surface area contributed by atoms with Crippen LogP contribution in [0.3, 0.4) is 0 Å². The molecule has 4 rings (SSSR count). The van der Waals surface area contributed by atoms with Gasteiger partial charge in [-0.05, 0) is 137 Å². The van der Waals surface area contributed by atoms with E-state index in [2.05, 4.69) is 66.4 Å². The van der Waals surface area contributed by atoms with E-state index in [9.17, 15) is 9.90 Å². The Labute approximate surface area is 206 Å². The van der Waals surface area contributed by atoms with Crippen LogP contribution < -0.4 is 0 Å². The molecule has 2 aromatic rings. The van der Waals surface area contributed by atoms with Crippen molar-refractivity contribution in [1.29, 1.82) is 0 Å². The van der Waals surface area contributed by atoms with Gasteiger partial charge in [0.15, 0.2) is 5.78 Å². The molecule has 3 heteroatoms. The van der Waals surface area contributed by atoms with Crippen LogP contribution in [0.1, 0.15) is 85.3 Å². The number of piperidine rings is 1. The third-order valence-corrected chi connectivity index (χ3v) is 9.55. The Balaban J connectivity index is 1.43. The fourth-order valence-electron chi connectivity index (χ4n) is 6.34. The number of nitrogens with zero attached hydrogens (tertiary/aromatic N) is 1. The lowest BCUT2D eigenvalue weighted by atomic mass is 9.76. The predicted octanol–water partition coefficient (Wildman–Crippen LogP) is 5.97. The first-order valence-electron chi connectivity index (χ1n) is 13.1. The van der Waals surface area contributed by atoms with E-state index in [0.717, 1.165) is 57.3 Å². The molecule has 1 fully saturated rings. The number of likely N-dealkylation sites (tertiary alicyclic amines) is 1. The van der Waals surface area contributed by atoms with Crippen molar-refractivity contribution < 1.29 is 9.90 Å². The van der Waals surface area contributed by atoms with Crippen LogP contribution in [-0.2, 0) is 12.8 Å². The summed E-state index contributed by atoms with van der Waals surface area (Å²) in [5, 5.41) is 11.4. The summed E-state index contributed by atoms with van der Waals surface area (Å²) < 4.78 is 0. The van der Waals surface area contributed by atoms with Crippen LogP contribution in [0.2, 0.25) is 0 Å². The smallest absolute Gasteiger partial charge is 0.167 e.